The van der Waals surface area contributed by atoms with Gasteiger partial charge in [-0.15, -0.1) is 11.3 Å². The number of ether oxygens (including phenoxy) is 1. The Morgan fingerprint density at radius 1 is 1.38 bits per heavy atom. The Morgan fingerprint density at radius 2 is 2.14 bits per heavy atom. The van der Waals surface area contributed by atoms with Crippen LogP contribution in [0.5, 0.6) is 5.75 Å². The quantitative estimate of drug-likeness (QED) is 0.855. The maximum Gasteiger partial charge on any atom is 0.252 e. The third-order valence-corrected chi connectivity index (χ3v) is 6.66. The van der Waals surface area contributed by atoms with Gasteiger partial charge in [-0.2, -0.15) is 4.31 Å². The number of aryl methyl sites for hydroxylation is 1. The van der Waals surface area contributed by atoms with E-state index in [1.165, 1.54) is 10.4 Å². The standard InChI is InChI=1S/C13H13ClN2O3S2/c1-9-6-10(4-5-15-9)19-11-7-16(8-11)21(17,18)13-3-2-12(14)20-13/h2-6,11H,7-8H2,1H3. The summed E-state index contributed by atoms with van der Waals surface area (Å²) in [6.45, 7) is 2.57. The van der Waals surface area contributed by atoms with Crippen molar-refractivity contribution in [2.75, 3.05) is 13.1 Å². The topological polar surface area (TPSA) is 59.5 Å². The molecule has 0 amide bonds. The van der Waals surface area contributed by atoms with Crippen LogP contribution in [0.15, 0.2) is 34.7 Å². The smallest absolute Gasteiger partial charge is 0.252 e. The lowest BCUT2D eigenvalue weighted by Crippen LogP contribution is -2.55. The summed E-state index contributed by atoms with van der Waals surface area (Å²) in [5.41, 5.74) is 0.865. The molecule has 2 aromatic heterocycles. The number of aromatic nitrogens is 1. The zero-order chi connectivity index (χ0) is 15.0. The highest BCUT2D eigenvalue weighted by Gasteiger charge is 2.38. The van der Waals surface area contributed by atoms with Gasteiger partial charge in [0, 0.05) is 18.0 Å². The van der Waals surface area contributed by atoms with Gasteiger partial charge < -0.3 is 4.74 Å². The normalized spacial score (nSPS) is 16.7. The second-order valence-corrected chi connectivity index (χ2v) is 8.63. The van der Waals surface area contributed by atoms with Crippen LogP contribution < -0.4 is 4.74 Å². The van der Waals surface area contributed by atoms with Gasteiger partial charge in [-0.05, 0) is 25.1 Å². The molecule has 0 bridgehead atoms. The van der Waals surface area contributed by atoms with E-state index in [1.54, 1.807) is 18.3 Å². The second kappa shape index (κ2) is 5.57. The van der Waals surface area contributed by atoms with Crippen LogP contribution in [0.2, 0.25) is 4.34 Å². The van der Waals surface area contributed by atoms with Crippen LogP contribution in [0.25, 0.3) is 0 Å². The predicted octanol–water partition coefficient (Wildman–Crippen LogP) is 2.56. The summed E-state index contributed by atoms with van der Waals surface area (Å²) in [5, 5.41) is 0. The van der Waals surface area contributed by atoms with Crippen molar-refractivity contribution < 1.29 is 13.2 Å². The van der Waals surface area contributed by atoms with E-state index in [9.17, 15) is 8.42 Å². The van der Waals surface area contributed by atoms with Gasteiger partial charge in [-0.25, -0.2) is 8.42 Å². The molecule has 0 unspecified atom stereocenters. The summed E-state index contributed by atoms with van der Waals surface area (Å²) in [4.78, 5) is 4.09. The highest BCUT2D eigenvalue weighted by molar-refractivity contribution is 7.91. The zero-order valence-corrected chi connectivity index (χ0v) is 13.6. The number of rotatable bonds is 4. The van der Waals surface area contributed by atoms with Gasteiger partial charge in [0.2, 0.25) is 0 Å². The van der Waals surface area contributed by atoms with Crippen molar-refractivity contribution >= 4 is 33.0 Å². The van der Waals surface area contributed by atoms with Gasteiger partial charge in [-0.3, -0.25) is 4.98 Å². The third kappa shape index (κ3) is 3.06. The lowest BCUT2D eigenvalue weighted by Gasteiger charge is -2.37. The minimum atomic E-state index is -3.44. The van der Waals surface area contributed by atoms with Gasteiger partial charge in [0.15, 0.2) is 0 Å². The number of hydrogen-bond acceptors (Lipinski definition) is 5. The first-order valence-corrected chi connectivity index (χ1v) is 8.93. The van der Waals surface area contributed by atoms with Crippen molar-refractivity contribution in [2.45, 2.75) is 17.2 Å². The Bertz CT molecular complexity index is 754. The van der Waals surface area contributed by atoms with Crippen LogP contribution in [0, 0.1) is 6.92 Å². The summed E-state index contributed by atoms with van der Waals surface area (Å²) < 4.78 is 32.4. The maximum absolute atomic E-state index is 12.3. The molecule has 1 saturated heterocycles. The summed E-state index contributed by atoms with van der Waals surface area (Å²) >= 11 is 6.85. The minimum Gasteiger partial charge on any atom is -0.488 e. The number of pyridine rings is 1. The molecule has 21 heavy (non-hydrogen) atoms. The van der Waals surface area contributed by atoms with Crippen molar-refractivity contribution in [3.63, 3.8) is 0 Å². The molecular formula is C13H13ClN2O3S2. The van der Waals surface area contributed by atoms with Gasteiger partial charge in [0.05, 0.1) is 17.4 Å². The fraction of sp³-hybridized carbons (Fsp3) is 0.308. The average molecular weight is 345 g/mol. The highest BCUT2D eigenvalue weighted by Crippen LogP contribution is 2.31. The van der Waals surface area contributed by atoms with E-state index in [2.05, 4.69) is 4.98 Å². The van der Waals surface area contributed by atoms with Crippen molar-refractivity contribution in [2.24, 2.45) is 0 Å². The molecule has 8 heteroatoms. The molecule has 0 radical (unpaired) electrons. The fourth-order valence-corrected chi connectivity index (χ4v) is 5.16. The average Bonchev–Trinajstić information content (AvgIpc) is 2.80. The minimum absolute atomic E-state index is 0.128. The second-order valence-electron chi connectivity index (χ2n) is 4.75. The molecule has 2 aromatic rings. The molecule has 0 saturated carbocycles. The Morgan fingerprint density at radius 3 is 2.76 bits per heavy atom. The number of hydrogen-bond donors (Lipinski definition) is 0. The number of thiophene rings is 1. The maximum atomic E-state index is 12.3. The van der Waals surface area contributed by atoms with Crippen molar-refractivity contribution in [3.05, 3.63) is 40.5 Å². The third-order valence-electron chi connectivity index (χ3n) is 3.13. The molecule has 0 aromatic carbocycles. The van der Waals surface area contributed by atoms with E-state index < -0.39 is 10.0 Å². The molecule has 1 fully saturated rings. The lowest BCUT2D eigenvalue weighted by molar-refractivity contribution is 0.0762. The lowest BCUT2D eigenvalue weighted by atomic mass is 10.2. The predicted molar refractivity (Wildman–Crippen MR) is 81.5 cm³/mol. The Labute approximate surface area is 132 Å². The van der Waals surface area contributed by atoms with E-state index in [4.69, 9.17) is 16.3 Å². The molecule has 0 spiro atoms. The number of halogens is 1. The van der Waals surface area contributed by atoms with Crippen LogP contribution in [0.3, 0.4) is 0 Å². The number of nitrogens with zero attached hydrogens (tertiary/aromatic N) is 2. The fourth-order valence-electron chi connectivity index (χ4n) is 2.02. The van der Waals surface area contributed by atoms with E-state index in [-0.39, 0.29) is 10.3 Å². The van der Waals surface area contributed by atoms with Crippen LogP contribution in [0.4, 0.5) is 0 Å². The molecule has 3 heterocycles. The summed E-state index contributed by atoms with van der Waals surface area (Å²) in [6, 6.07) is 6.72. The van der Waals surface area contributed by atoms with Gasteiger partial charge in [-0.1, -0.05) is 11.6 Å². The van der Waals surface area contributed by atoms with E-state index in [0.29, 0.717) is 23.2 Å². The summed E-state index contributed by atoms with van der Waals surface area (Å²) in [5.74, 6) is 0.712. The summed E-state index contributed by atoms with van der Waals surface area (Å²) in [7, 11) is -3.44. The first-order valence-electron chi connectivity index (χ1n) is 6.30. The first-order chi connectivity index (χ1) is 9.95. The first kappa shape index (κ1) is 14.8. The molecule has 1 aliphatic rings. The Kier molecular flexibility index (Phi) is 3.92. The van der Waals surface area contributed by atoms with E-state index >= 15 is 0 Å². The van der Waals surface area contributed by atoms with Crippen molar-refractivity contribution in [1.82, 2.24) is 9.29 Å². The van der Waals surface area contributed by atoms with E-state index in [0.717, 1.165) is 17.0 Å². The molecule has 112 valence electrons. The van der Waals surface area contributed by atoms with Crippen LogP contribution in [-0.4, -0.2) is 36.9 Å². The van der Waals surface area contributed by atoms with Crippen LogP contribution >= 0.6 is 22.9 Å². The zero-order valence-electron chi connectivity index (χ0n) is 11.2. The molecule has 0 atom stereocenters. The monoisotopic (exact) mass is 344 g/mol. The molecule has 0 N–H and O–H groups in total. The summed E-state index contributed by atoms with van der Waals surface area (Å²) in [6.07, 6.45) is 1.54. The molecule has 5 nitrogen and oxygen atoms in total. The molecule has 0 aliphatic carbocycles. The number of sulfonamides is 1. The SMILES string of the molecule is Cc1cc(OC2CN(S(=O)(=O)c3ccc(Cl)s3)C2)ccn1. The highest BCUT2D eigenvalue weighted by atomic mass is 35.5. The van der Waals surface area contributed by atoms with Crippen LogP contribution in [-0.2, 0) is 10.0 Å². The Balaban J connectivity index is 1.63. The molecule has 1 aliphatic heterocycles. The van der Waals surface area contributed by atoms with Gasteiger partial charge in [0.1, 0.15) is 16.1 Å². The van der Waals surface area contributed by atoms with Gasteiger partial charge in [0.25, 0.3) is 10.0 Å². The van der Waals surface area contributed by atoms with E-state index in [1.807, 2.05) is 13.0 Å². The largest absolute Gasteiger partial charge is 0.488 e. The molecule has 3 rings (SSSR count). The Hall–Kier alpha value is -1.15. The van der Waals surface area contributed by atoms with Crippen molar-refractivity contribution in [1.29, 1.82) is 0 Å². The van der Waals surface area contributed by atoms with Gasteiger partial charge >= 0.3 is 0 Å². The van der Waals surface area contributed by atoms with Crippen LogP contribution in [0.1, 0.15) is 5.69 Å². The molecular weight excluding hydrogens is 332 g/mol. The van der Waals surface area contributed by atoms with Crippen molar-refractivity contribution in [3.8, 4) is 5.75 Å².